The Morgan fingerprint density at radius 3 is 2.56 bits per heavy atom. The van der Waals surface area contributed by atoms with Crippen LogP contribution in [0.5, 0.6) is 0 Å². The second-order valence-electron chi connectivity index (χ2n) is 13.6. The lowest BCUT2D eigenvalue weighted by Gasteiger charge is -2.57. The van der Waals surface area contributed by atoms with Gasteiger partial charge in [0.2, 0.25) is 0 Å². The lowest BCUT2D eigenvalue weighted by molar-refractivity contribution is -0.154. The standard InChI is InChI=1S/C35H43NO6S/c1-23-6-9-28(10-7-23)43(39,40)41-22-26(37)20-33(38)42-27-14-16-34(2)25(19-27)8-11-29-31-13-12-30(24-5-4-18-36-21-24)35(31,3)17-15-32(29)34/h4-10,12,18,21,26-27,29,31-32,37H,11,13-17,19-20,22H2,1-3H3/t26-,27+,29?,31?,32?,34+,35-/m1/s1. The smallest absolute Gasteiger partial charge is 0.308 e. The average molecular weight is 606 g/mol. The van der Waals surface area contributed by atoms with Gasteiger partial charge in [0.1, 0.15) is 6.10 Å². The molecule has 1 aromatic carbocycles. The Hall–Kier alpha value is -2.81. The predicted octanol–water partition coefficient (Wildman–Crippen LogP) is 6.41. The molecule has 0 bridgehead atoms. The number of aliphatic hydroxyl groups excluding tert-OH is 1. The summed E-state index contributed by atoms with van der Waals surface area (Å²) in [6.45, 7) is 6.25. The topological polar surface area (TPSA) is 103 Å². The summed E-state index contributed by atoms with van der Waals surface area (Å²) in [7, 11) is -4.02. The summed E-state index contributed by atoms with van der Waals surface area (Å²) in [4.78, 5) is 17.1. The van der Waals surface area contributed by atoms with Gasteiger partial charge in [-0.25, -0.2) is 0 Å². The minimum absolute atomic E-state index is 0.0156. The van der Waals surface area contributed by atoms with Crippen molar-refractivity contribution in [2.45, 2.75) is 89.2 Å². The summed E-state index contributed by atoms with van der Waals surface area (Å²) in [6, 6.07) is 10.5. The van der Waals surface area contributed by atoms with Crippen molar-refractivity contribution in [3.8, 4) is 0 Å². The van der Waals surface area contributed by atoms with Gasteiger partial charge in [0.15, 0.2) is 0 Å². The molecule has 3 unspecified atom stereocenters. The summed E-state index contributed by atoms with van der Waals surface area (Å²) < 4.78 is 35.6. The summed E-state index contributed by atoms with van der Waals surface area (Å²) in [6.07, 6.45) is 14.0. The number of fused-ring (bicyclic) bond motifs is 5. The molecule has 43 heavy (non-hydrogen) atoms. The van der Waals surface area contributed by atoms with Gasteiger partial charge < -0.3 is 9.84 Å². The first kappa shape index (κ1) is 30.2. The Morgan fingerprint density at radius 2 is 1.81 bits per heavy atom. The van der Waals surface area contributed by atoms with Crippen molar-refractivity contribution in [1.29, 1.82) is 0 Å². The first-order valence-corrected chi connectivity index (χ1v) is 17.0. The molecule has 0 spiro atoms. The Labute approximate surface area is 255 Å². The van der Waals surface area contributed by atoms with E-state index in [2.05, 4.69) is 37.0 Å². The normalized spacial score (nSPS) is 32.5. The second kappa shape index (κ2) is 11.6. The molecule has 8 heteroatoms. The van der Waals surface area contributed by atoms with Crippen LogP contribution in [0.1, 0.15) is 76.3 Å². The highest BCUT2D eigenvalue weighted by molar-refractivity contribution is 7.86. The van der Waals surface area contributed by atoms with E-state index in [0.29, 0.717) is 17.8 Å². The maximum Gasteiger partial charge on any atom is 0.308 e. The number of aromatic nitrogens is 1. The lowest BCUT2D eigenvalue weighted by atomic mass is 9.47. The van der Waals surface area contributed by atoms with Gasteiger partial charge in [-0.2, -0.15) is 8.42 Å². The van der Waals surface area contributed by atoms with Crippen LogP contribution in [0.4, 0.5) is 0 Å². The van der Waals surface area contributed by atoms with Crippen LogP contribution >= 0.6 is 0 Å². The molecule has 1 heterocycles. The van der Waals surface area contributed by atoms with Crippen LogP contribution in [0.25, 0.3) is 5.57 Å². The predicted molar refractivity (Wildman–Crippen MR) is 164 cm³/mol. The van der Waals surface area contributed by atoms with Gasteiger partial charge in [-0.3, -0.25) is 14.0 Å². The zero-order valence-electron chi connectivity index (χ0n) is 25.4. The van der Waals surface area contributed by atoms with Crippen LogP contribution in [0.15, 0.2) is 71.4 Å². The van der Waals surface area contributed by atoms with E-state index in [1.165, 1.54) is 41.7 Å². The Balaban J connectivity index is 1.04. The molecule has 7 nitrogen and oxygen atoms in total. The molecule has 0 saturated heterocycles. The summed E-state index contributed by atoms with van der Waals surface area (Å²) in [5.74, 6) is 1.37. The molecule has 7 atom stereocenters. The number of hydrogen-bond donors (Lipinski definition) is 1. The SMILES string of the molecule is Cc1ccc(S(=O)(=O)OC[C@H](O)CC(=O)O[C@H]2CC[C@@]3(C)C(=CCC4C3CC[C@]3(C)C(c5cccnc5)=CCC43)C2)cc1. The maximum atomic E-state index is 12.7. The van der Waals surface area contributed by atoms with Gasteiger partial charge in [-0.1, -0.05) is 55.3 Å². The van der Waals surface area contributed by atoms with Crippen molar-refractivity contribution >= 4 is 21.7 Å². The van der Waals surface area contributed by atoms with Crippen molar-refractivity contribution < 1.29 is 27.2 Å². The minimum Gasteiger partial charge on any atom is -0.462 e. The van der Waals surface area contributed by atoms with Gasteiger partial charge in [-0.05, 0) is 103 Å². The Morgan fingerprint density at radius 1 is 1.05 bits per heavy atom. The van der Waals surface area contributed by atoms with Crippen molar-refractivity contribution in [1.82, 2.24) is 4.98 Å². The Kier molecular flexibility index (Phi) is 8.16. The second-order valence-corrected chi connectivity index (χ2v) is 15.2. The third-order valence-corrected chi connectivity index (χ3v) is 12.3. The number of allylic oxidation sites excluding steroid dienone is 3. The van der Waals surface area contributed by atoms with E-state index >= 15 is 0 Å². The van der Waals surface area contributed by atoms with Crippen LogP contribution in [0.3, 0.4) is 0 Å². The number of nitrogens with zero attached hydrogens (tertiary/aromatic N) is 1. The number of pyridine rings is 1. The fourth-order valence-electron chi connectivity index (χ4n) is 8.69. The number of aliphatic hydroxyl groups is 1. The van der Waals surface area contributed by atoms with Crippen LogP contribution in [-0.4, -0.2) is 43.3 Å². The van der Waals surface area contributed by atoms with Crippen LogP contribution in [-0.2, 0) is 23.8 Å². The highest BCUT2D eigenvalue weighted by Crippen LogP contribution is 2.66. The van der Waals surface area contributed by atoms with Crippen LogP contribution < -0.4 is 0 Å². The number of rotatable bonds is 8. The van der Waals surface area contributed by atoms with E-state index < -0.39 is 28.8 Å². The van der Waals surface area contributed by atoms with E-state index in [1.54, 1.807) is 12.1 Å². The molecule has 1 N–H and O–H groups in total. The number of carbonyl (C=O) groups is 1. The monoisotopic (exact) mass is 605 g/mol. The third kappa shape index (κ3) is 5.74. The third-order valence-electron chi connectivity index (χ3n) is 11.0. The molecule has 0 radical (unpaired) electrons. The Bertz CT molecular complexity index is 1520. The van der Waals surface area contributed by atoms with Crippen molar-refractivity contribution in [2.75, 3.05) is 6.61 Å². The van der Waals surface area contributed by atoms with Gasteiger partial charge in [0, 0.05) is 18.8 Å². The van der Waals surface area contributed by atoms with E-state index in [4.69, 9.17) is 8.92 Å². The number of hydrogen-bond acceptors (Lipinski definition) is 7. The number of carbonyl (C=O) groups excluding carboxylic acids is 1. The van der Waals surface area contributed by atoms with Gasteiger partial charge >= 0.3 is 5.97 Å². The molecule has 0 aliphatic heterocycles. The molecular weight excluding hydrogens is 562 g/mol. The van der Waals surface area contributed by atoms with E-state index in [9.17, 15) is 18.3 Å². The first-order valence-electron chi connectivity index (χ1n) is 15.6. The number of ether oxygens (including phenoxy) is 1. The molecule has 4 aliphatic rings. The fourth-order valence-corrected chi connectivity index (χ4v) is 9.63. The highest BCUT2D eigenvalue weighted by Gasteiger charge is 2.57. The van der Waals surface area contributed by atoms with Crippen molar-refractivity contribution in [3.05, 3.63) is 77.6 Å². The zero-order valence-corrected chi connectivity index (χ0v) is 26.2. The molecule has 2 fully saturated rings. The first-order chi connectivity index (χ1) is 20.5. The summed E-state index contributed by atoms with van der Waals surface area (Å²) >= 11 is 0. The van der Waals surface area contributed by atoms with Crippen LogP contribution in [0, 0.1) is 35.5 Å². The molecule has 4 aliphatic carbocycles. The highest BCUT2D eigenvalue weighted by atomic mass is 32.2. The zero-order chi connectivity index (χ0) is 30.4. The van der Waals surface area contributed by atoms with Crippen LogP contribution in [0.2, 0.25) is 0 Å². The van der Waals surface area contributed by atoms with Gasteiger partial charge in [-0.15, -0.1) is 0 Å². The molecule has 1 aromatic heterocycles. The number of benzene rings is 1. The average Bonchev–Trinajstić information content (AvgIpc) is 3.34. The summed E-state index contributed by atoms with van der Waals surface area (Å²) in [5.41, 5.74) is 5.37. The van der Waals surface area contributed by atoms with Gasteiger partial charge in [0.05, 0.1) is 24.0 Å². The molecule has 2 aromatic rings. The van der Waals surface area contributed by atoms with Gasteiger partial charge in [0.25, 0.3) is 10.1 Å². The van der Waals surface area contributed by atoms with E-state index in [0.717, 1.165) is 37.7 Å². The molecule has 0 amide bonds. The summed E-state index contributed by atoms with van der Waals surface area (Å²) in [5, 5.41) is 10.3. The molecule has 6 rings (SSSR count). The van der Waals surface area contributed by atoms with E-state index in [1.807, 2.05) is 25.4 Å². The van der Waals surface area contributed by atoms with Crippen molar-refractivity contribution in [3.63, 3.8) is 0 Å². The number of aryl methyl sites for hydroxylation is 1. The van der Waals surface area contributed by atoms with E-state index in [-0.39, 0.29) is 28.3 Å². The van der Waals surface area contributed by atoms with Crippen molar-refractivity contribution in [2.24, 2.45) is 28.6 Å². The molecular formula is C35H43NO6S. The quantitative estimate of drug-likeness (QED) is 0.211. The largest absolute Gasteiger partial charge is 0.462 e. The molecule has 230 valence electrons. The fraction of sp³-hybridized carbons (Fsp3) is 0.543. The lowest BCUT2D eigenvalue weighted by Crippen LogP contribution is -2.50. The molecule has 2 saturated carbocycles. The minimum atomic E-state index is -4.02. The maximum absolute atomic E-state index is 12.7. The number of esters is 1.